The smallest absolute Gasteiger partial charge is 0.258 e. The number of rotatable bonds is 4. The van der Waals surface area contributed by atoms with Crippen molar-refractivity contribution in [2.75, 3.05) is 11.4 Å². The quantitative estimate of drug-likeness (QED) is 0.890. The number of nitrogens with two attached hydrogens (primary N) is 1. The van der Waals surface area contributed by atoms with E-state index in [2.05, 4.69) is 4.98 Å². The van der Waals surface area contributed by atoms with Gasteiger partial charge in [0.05, 0.1) is 5.69 Å². The van der Waals surface area contributed by atoms with Gasteiger partial charge in [-0.15, -0.1) is 0 Å². The summed E-state index contributed by atoms with van der Waals surface area (Å²) in [5.41, 5.74) is 7.40. The molecule has 3 N–H and O–H groups in total. The van der Waals surface area contributed by atoms with Crippen LogP contribution < -0.4 is 10.6 Å². The molecule has 0 aliphatic rings. The van der Waals surface area contributed by atoms with Crippen LogP contribution in [0.1, 0.15) is 23.0 Å². The van der Waals surface area contributed by atoms with Gasteiger partial charge in [-0.3, -0.25) is 9.78 Å². The summed E-state index contributed by atoms with van der Waals surface area (Å²) in [4.78, 5) is 18.2. The third kappa shape index (κ3) is 2.95. The average Bonchev–Trinajstić information content (AvgIpc) is 2.48. The number of anilines is 1. The maximum atomic E-state index is 12.5. The van der Waals surface area contributed by atoms with E-state index in [9.17, 15) is 9.90 Å². The van der Waals surface area contributed by atoms with Crippen LogP contribution in [0.5, 0.6) is 5.75 Å². The highest BCUT2D eigenvalue weighted by atomic mass is 16.3. The summed E-state index contributed by atoms with van der Waals surface area (Å²) >= 11 is 0. The fourth-order valence-corrected chi connectivity index (χ4v) is 1.98. The van der Waals surface area contributed by atoms with E-state index in [4.69, 9.17) is 5.73 Å². The van der Waals surface area contributed by atoms with E-state index >= 15 is 0 Å². The number of aromatic nitrogens is 1. The van der Waals surface area contributed by atoms with Gasteiger partial charge in [-0.05, 0) is 31.2 Å². The Morgan fingerprint density at radius 2 is 2.15 bits per heavy atom. The highest BCUT2D eigenvalue weighted by Crippen LogP contribution is 2.21. The molecule has 0 fully saturated rings. The molecule has 0 spiro atoms. The van der Waals surface area contributed by atoms with Crippen LogP contribution in [0.25, 0.3) is 0 Å². The summed E-state index contributed by atoms with van der Waals surface area (Å²) in [6.45, 7) is 2.68. The van der Waals surface area contributed by atoms with Crippen LogP contribution in [-0.2, 0) is 6.54 Å². The lowest BCUT2D eigenvalue weighted by Crippen LogP contribution is -2.30. The van der Waals surface area contributed by atoms with Crippen molar-refractivity contribution in [3.63, 3.8) is 0 Å². The van der Waals surface area contributed by atoms with Gasteiger partial charge in [0.25, 0.3) is 5.91 Å². The molecule has 0 atom stereocenters. The topological polar surface area (TPSA) is 79.5 Å². The van der Waals surface area contributed by atoms with Crippen molar-refractivity contribution in [1.29, 1.82) is 0 Å². The lowest BCUT2D eigenvalue weighted by atomic mass is 10.1. The Morgan fingerprint density at radius 1 is 1.35 bits per heavy atom. The van der Waals surface area contributed by atoms with Crippen molar-refractivity contribution < 1.29 is 9.90 Å². The highest BCUT2D eigenvalue weighted by molar-refractivity contribution is 6.06. The van der Waals surface area contributed by atoms with Crippen LogP contribution in [0.2, 0.25) is 0 Å². The number of carbonyl (C=O) groups is 1. The Hall–Kier alpha value is -2.40. The van der Waals surface area contributed by atoms with E-state index in [1.807, 2.05) is 6.92 Å². The minimum atomic E-state index is -0.143. The standard InChI is InChI=1S/C15H17N3O2/c1-2-18(13-4-3-5-14(19)9-13)15(20)11-6-7-17-12(8-11)10-16/h3-9,19H,2,10,16H2,1H3. The normalized spacial score (nSPS) is 10.3. The molecular formula is C15H17N3O2. The van der Waals surface area contributed by atoms with Gasteiger partial charge in [0.2, 0.25) is 0 Å². The van der Waals surface area contributed by atoms with Gasteiger partial charge in [-0.2, -0.15) is 0 Å². The van der Waals surface area contributed by atoms with Crippen LogP contribution in [-0.4, -0.2) is 22.5 Å². The van der Waals surface area contributed by atoms with Crippen molar-refractivity contribution >= 4 is 11.6 Å². The van der Waals surface area contributed by atoms with Gasteiger partial charge in [-0.1, -0.05) is 6.07 Å². The summed E-state index contributed by atoms with van der Waals surface area (Å²) in [7, 11) is 0. The zero-order chi connectivity index (χ0) is 14.5. The van der Waals surface area contributed by atoms with E-state index in [0.29, 0.717) is 30.0 Å². The SMILES string of the molecule is CCN(C(=O)c1ccnc(CN)c1)c1cccc(O)c1. The molecule has 104 valence electrons. The van der Waals surface area contributed by atoms with Crippen molar-refractivity contribution in [2.45, 2.75) is 13.5 Å². The summed E-state index contributed by atoms with van der Waals surface area (Å²) in [5.74, 6) is -0.0127. The molecule has 5 heteroatoms. The Bertz CT molecular complexity index is 614. The number of carbonyl (C=O) groups excluding carboxylic acids is 1. The molecule has 0 bridgehead atoms. The van der Waals surface area contributed by atoms with E-state index < -0.39 is 0 Å². The number of pyridine rings is 1. The zero-order valence-corrected chi connectivity index (χ0v) is 11.3. The summed E-state index contributed by atoms with van der Waals surface area (Å²) in [6.07, 6.45) is 1.58. The second kappa shape index (κ2) is 6.16. The monoisotopic (exact) mass is 271 g/mol. The zero-order valence-electron chi connectivity index (χ0n) is 11.3. The highest BCUT2D eigenvalue weighted by Gasteiger charge is 2.16. The number of nitrogens with zero attached hydrogens (tertiary/aromatic N) is 2. The molecule has 0 saturated heterocycles. The molecule has 0 saturated carbocycles. The molecular weight excluding hydrogens is 254 g/mol. The largest absolute Gasteiger partial charge is 0.508 e. The molecule has 0 radical (unpaired) electrons. The Labute approximate surface area is 117 Å². The van der Waals surface area contributed by atoms with Gasteiger partial charge in [0.15, 0.2) is 0 Å². The number of hydrogen-bond donors (Lipinski definition) is 2. The number of phenols is 1. The molecule has 0 aliphatic carbocycles. The molecule has 0 unspecified atom stereocenters. The van der Waals surface area contributed by atoms with E-state index in [0.717, 1.165) is 0 Å². The first-order valence-electron chi connectivity index (χ1n) is 6.41. The van der Waals surface area contributed by atoms with Gasteiger partial charge >= 0.3 is 0 Å². The first-order chi connectivity index (χ1) is 9.65. The second-order valence-corrected chi connectivity index (χ2v) is 4.31. The maximum Gasteiger partial charge on any atom is 0.258 e. The van der Waals surface area contributed by atoms with Crippen LogP contribution in [0, 0.1) is 0 Å². The molecule has 2 aromatic rings. The molecule has 20 heavy (non-hydrogen) atoms. The molecule has 1 amide bonds. The first-order valence-corrected chi connectivity index (χ1v) is 6.41. The van der Waals surface area contributed by atoms with Crippen molar-refractivity contribution in [3.8, 4) is 5.75 Å². The molecule has 1 aromatic heterocycles. The predicted octanol–water partition coefficient (Wildman–Crippen LogP) is 1.91. The Kier molecular flexibility index (Phi) is 4.32. The predicted molar refractivity (Wildman–Crippen MR) is 77.6 cm³/mol. The number of benzene rings is 1. The van der Waals surface area contributed by atoms with Gasteiger partial charge in [0, 0.05) is 36.6 Å². The molecule has 0 aliphatic heterocycles. The third-order valence-electron chi connectivity index (χ3n) is 2.98. The molecule has 1 heterocycles. The lowest BCUT2D eigenvalue weighted by Gasteiger charge is -2.21. The Balaban J connectivity index is 2.33. The fourth-order valence-electron chi connectivity index (χ4n) is 1.98. The number of aromatic hydroxyl groups is 1. The minimum absolute atomic E-state index is 0.131. The van der Waals surface area contributed by atoms with Gasteiger partial charge in [-0.25, -0.2) is 0 Å². The van der Waals surface area contributed by atoms with Crippen molar-refractivity contribution in [2.24, 2.45) is 5.73 Å². The number of amides is 1. The van der Waals surface area contributed by atoms with E-state index in [1.54, 1.807) is 47.5 Å². The summed E-state index contributed by atoms with van der Waals surface area (Å²) in [6, 6.07) is 9.97. The van der Waals surface area contributed by atoms with Gasteiger partial charge in [0.1, 0.15) is 5.75 Å². The van der Waals surface area contributed by atoms with Crippen molar-refractivity contribution in [3.05, 3.63) is 53.9 Å². The van der Waals surface area contributed by atoms with Crippen LogP contribution >= 0.6 is 0 Å². The van der Waals surface area contributed by atoms with Crippen LogP contribution in [0.4, 0.5) is 5.69 Å². The summed E-state index contributed by atoms with van der Waals surface area (Å²) in [5, 5.41) is 9.53. The second-order valence-electron chi connectivity index (χ2n) is 4.31. The lowest BCUT2D eigenvalue weighted by molar-refractivity contribution is 0.0988. The number of phenolic OH excluding ortho intramolecular Hbond substituents is 1. The average molecular weight is 271 g/mol. The molecule has 1 aromatic carbocycles. The van der Waals surface area contributed by atoms with E-state index in [1.165, 1.54) is 0 Å². The van der Waals surface area contributed by atoms with Crippen molar-refractivity contribution in [1.82, 2.24) is 4.98 Å². The van der Waals surface area contributed by atoms with Gasteiger partial charge < -0.3 is 15.7 Å². The fraction of sp³-hybridized carbons (Fsp3) is 0.200. The van der Waals surface area contributed by atoms with Crippen LogP contribution in [0.3, 0.4) is 0 Å². The number of hydrogen-bond acceptors (Lipinski definition) is 4. The van der Waals surface area contributed by atoms with E-state index in [-0.39, 0.29) is 11.7 Å². The summed E-state index contributed by atoms with van der Waals surface area (Å²) < 4.78 is 0. The maximum absolute atomic E-state index is 12.5. The molecule has 2 rings (SSSR count). The minimum Gasteiger partial charge on any atom is -0.508 e. The molecule has 5 nitrogen and oxygen atoms in total. The third-order valence-corrected chi connectivity index (χ3v) is 2.98. The van der Waals surface area contributed by atoms with Crippen LogP contribution in [0.15, 0.2) is 42.6 Å². The first kappa shape index (κ1) is 14.0. The Morgan fingerprint density at radius 3 is 2.80 bits per heavy atom.